The Morgan fingerprint density at radius 2 is 1.79 bits per heavy atom. The molecule has 0 bridgehead atoms. The Kier molecular flexibility index (Phi) is 6.36. The zero-order valence-corrected chi connectivity index (χ0v) is 17.0. The summed E-state index contributed by atoms with van der Waals surface area (Å²) < 4.78 is 28.4. The molecule has 3 rings (SSSR count). The van der Waals surface area contributed by atoms with Gasteiger partial charge in [-0.3, -0.25) is 9.59 Å². The first kappa shape index (κ1) is 20.8. The maximum atomic E-state index is 13.0. The van der Waals surface area contributed by atoms with Gasteiger partial charge in [0, 0.05) is 39.1 Å². The van der Waals surface area contributed by atoms with Crippen LogP contribution in [-0.2, 0) is 19.6 Å². The Labute approximate surface area is 166 Å². The van der Waals surface area contributed by atoms with Crippen molar-refractivity contribution in [2.75, 3.05) is 44.7 Å². The van der Waals surface area contributed by atoms with E-state index < -0.39 is 16.1 Å². The number of nitrogens with one attached hydrogen (secondary N) is 1. The predicted molar refractivity (Wildman–Crippen MR) is 106 cm³/mol. The Hall–Kier alpha value is -1.97. The largest absolute Gasteiger partial charge is 0.339 e. The molecule has 28 heavy (non-hydrogen) atoms. The molecule has 8 nitrogen and oxygen atoms in total. The SMILES string of the molecule is [CH2][C@H](NS(=O)(=O)c1ccccc1N1CCCCC1=O)C(=O)N1CCN(C)CC1. The fourth-order valence-electron chi connectivity index (χ4n) is 3.52. The number of likely N-dealkylation sites (N-methyl/N-ethyl adjacent to an activating group) is 1. The third-order valence-corrected chi connectivity index (χ3v) is 6.70. The molecule has 153 valence electrons. The summed E-state index contributed by atoms with van der Waals surface area (Å²) in [6.07, 6.45) is 2.04. The lowest BCUT2D eigenvalue weighted by molar-refractivity contribution is -0.133. The topological polar surface area (TPSA) is 90.0 Å². The summed E-state index contributed by atoms with van der Waals surface area (Å²) in [5.74, 6) is -0.434. The van der Waals surface area contributed by atoms with E-state index in [1.165, 1.54) is 11.0 Å². The van der Waals surface area contributed by atoms with Crippen molar-refractivity contribution in [3.05, 3.63) is 31.2 Å². The maximum absolute atomic E-state index is 13.0. The van der Waals surface area contributed by atoms with E-state index in [9.17, 15) is 18.0 Å². The lowest BCUT2D eigenvalue weighted by Crippen LogP contribution is -2.53. The molecule has 2 aliphatic heterocycles. The number of anilines is 1. The lowest BCUT2D eigenvalue weighted by Gasteiger charge is -2.34. The lowest BCUT2D eigenvalue weighted by atomic mass is 10.1. The summed E-state index contributed by atoms with van der Waals surface area (Å²) in [7, 11) is -2.04. The van der Waals surface area contributed by atoms with Gasteiger partial charge in [0.15, 0.2) is 0 Å². The molecule has 1 aromatic carbocycles. The summed E-state index contributed by atoms with van der Waals surface area (Å²) in [6, 6.07) is 5.25. The van der Waals surface area contributed by atoms with Crippen LogP contribution >= 0.6 is 0 Å². The second-order valence-electron chi connectivity index (χ2n) is 7.27. The van der Waals surface area contributed by atoms with E-state index in [0.717, 1.165) is 25.9 Å². The highest BCUT2D eigenvalue weighted by Gasteiger charge is 2.31. The van der Waals surface area contributed by atoms with Crippen molar-refractivity contribution < 1.29 is 18.0 Å². The van der Waals surface area contributed by atoms with Gasteiger partial charge in [0.25, 0.3) is 0 Å². The van der Waals surface area contributed by atoms with Crippen LogP contribution < -0.4 is 9.62 Å². The number of hydrogen-bond donors (Lipinski definition) is 1. The number of amides is 2. The summed E-state index contributed by atoms with van der Waals surface area (Å²) in [6.45, 7) is 6.78. The van der Waals surface area contributed by atoms with Gasteiger partial charge in [-0.1, -0.05) is 12.1 Å². The molecular weight excluding hydrogens is 380 g/mol. The molecule has 1 aromatic rings. The number of hydrogen-bond acceptors (Lipinski definition) is 5. The molecule has 0 aliphatic carbocycles. The van der Waals surface area contributed by atoms with Gasteiger partial charge in [-0.05, 0) is 38.9 Å². The Morgan fingerprint density at radius 1 is 1.11 bits per heavy atom. The molecule has 1 N–H and O–H groups in total. The van der Waals surface area contributed by atoms with Crippen LogP contribution in [0.2, 0.25) is 0 Å². The molecule has 2 heterocycles. The molecule has 1 radical (unpaired) electrons. The Bertz CT molecular complexity index is 834. The zero-order chi connectivity index (χ0) is 20.3. The third-order valence-electron chi connectivity index (χ3n) is 5.18. The minimum atomic E-state index is -4.02. The monoisotopic (exact) mass is 407 g/mol. The molecule has 2 aliphatic rings. The van der Waals surface area contributed by atoms with Gasteiger partial charge in [0.2, 0.25) is 21.8 Å². The van der Waals surface area contributed by atoms with Crippen molar-refractivity contribution in [1.29, 1.82) is 0 Å². The molecule has 0 saturated carbocycles. The van der Waals surface area contributed by atoms with Crippen molar-refractivity contribution in [2.45, 2.75) is 30.2 Å². The summed E-state index contributed by atoms with van der Waals surface area (Å²) in [5.41, 5.74) is 0.346. The van der Waals surface area contributed by atoms with Gasteiger partial charge in [-0.15, -0.1) is 0 Å². The number of carbonyl (C=O) groups excluding carboxylic acids is 2. The van der Waals surface area contributed by atoms with Gasteiger partial charge >= 0.3 is 0 Å². The number of piperidine rings is 1. The number of nitrogens with zero attached hydrogens (tertiary/aromatic N) is 3. The molecular formula is C19H27N4O4S. The molecule has 9 heteroatoms. The number of piperazine rings is 1. The first-order chi connectivity index (χ1) is 13.3. The highest BCUT2D eigenvalue weighted by atomic mass is 32.2. The highest BCUT2D eigenvalue weighted by Crippen LogP contribution is 2.28. The van der Waals surface area contributed by atoms with Gasteiger partial charge in [-0.25, -0.2) is 8.42 Å². The predicted octanol–water partition coefficient (Wildman–Crippen LogP) is 0.458. The minimum absolute atomic E-state index is 0.00919. The number of rotatable bonds is 5. The van der Waals surface area contributed by atoms with Gasteiger partial charge < -0.3 is 14.7 Å². The molecule has 0 unspecified atom stereocenters. The van der Waals surface area contributed by atoms with Crippen LogP contribution in [0.15, 0.2) is 29.2 Å². The van der Waals surface area contributed by atoms with Crippen LogP contribution in [0.1, 0.15) is 19.3 Å². The van der Waals surface area contributed by atoms with Crippen molar-refractivity contribution in [3.8, 4) is 0 Å². The van der Waals surface area contributed by atoms with Crippen molar-refractivity contribution in [2.24, 2.45) is 0 Å². The fraction of sp³-hybridized carbons (Fsp3) is 0.526. The summed E-state index contributed by atoms with van der Waals surface area (Å²) in [5, 5.41) is 0. The quantitative estimate of drug-likeness (QED) is 0.766. The van der Waals surface area contributed by atoms with Crippen LogP contribution in [0, 0.1) is 6.92 Å². The van der Waals surface area contributed by atoms with E-state index in [0.29, 0.717) is 31.7 Å². The van der Waals surface area contributed by atoms with Crippen LogP contribution in [0.25, 0.3) is 0 Å². The van der Waals surface area contributed by atoms with Gasteiger partial charge in [-0.2, -0.15) is 4.72 Å². The van der Waals surface area contributed by atoms with Crippen molar-refractivity contribution in [3.63, 3.8) is 0 Å². The molecule has 2 fully saturated rings. The first-order valence-electron chi connectivity index (χ1n) is 9.52. The van der Waals surface area contributed by atoms with E-state index in [-0.39, 0.29) is 16.7 Å². The van der Waals surface area contributed by atoms with Crippen LogP contribution in [0.5, 0.6) is 0 Å². The zero-order valence-electron chi connectivity index (χ0n) is 16.1. The Balaban J connectivity index is 1.77. The number of benzene rings is 1. The first-order valence-corrected chi connectivity index (χ1v) is 11.0. The second-order valence-corrected chi connectivity index (χ2v) is 8.96. The summed E-state index contributed by atoms with van der Waals surface area (Å²) in [4.78, 5) is 30.1. The molecule has 0 spiro atoms. The average molecular weight is 408 g/mol. The van der Waals surface area contributed by atoms with E-state index in [1.807, 2.05) is 7.05 Å². The van der Waals surface area contributed by atoms with Gasteiger partial charge in [0.05, 0.1) is 5.69 Å². The number of carbonyl (C=O) groups is 2. The normalized spacial score (nSPS) is 20.3. The van der Waals surface area contributed by atoms with Crippen molar-refractivity contribution >= 4 is 27.5 Å². The maximum Gasteiger partial charge on any atom is 0.243 e. The van der Waals surface area contributed by atoms with Crippen LogP contribution in [0.3, 0.4) is 0 Å². The molecule has 2 amide bonds. The molecule has 1 atom stereocenters. The van der Waals surface area contributed by atoms with E-state index >= 15 is 0 Å². The van der Waals surface area contributed by atoms with Crippen molar-refractivity contribution in [1.82, 2.24) is 14.5 Å². The van der Waals surface area contributed by atoms with Crippen LogP contribution in [0.4, 0.5) is 5.69 Å². The van der Waals surface area contributed by atoms with Gasteiger partial charge in [0.1, 0.15) is 10.9 Å². The fourth-order valence-corrected chi connectivity index (χ4v) is 4.83. The van der Waals surface area contributed by atoms with Crippen LogP contribution in [-0.4, -0.2) is 75.8 Å². The second kappa shape index (κ2) is 8.59. The third kappa shape index (κ3) is 4.53. The minimum Gasteiger partial charge on any atom is -0.339 e. The highest BCUT2D eigenvalue weighted by molar-refractivity contribution is 7.89. The Morgan fingerprint density at radius 3 is 2.46 bits per heavy atom. The van der Waals surface area contributed by atoms with E-state index in [2.05, 4.69) is 16.5 Å². The smallest absolute Gasteiger partial charge is 0.243 e. The number of para-hydroxylation sites is 1. The standard InChI is InChI=1S/C19H27N4O4S/c1-15(19(25)22-13-11-21(2)12-14-22)20-28(26,27)17-8-4-3-7-16(17)23-10-6-5-9-18(23)24/h3-4,7-8,15,20H,1,5-6,9-14H2,2H3/t15-/m0/s1. The summed E-state index contributed by atoms with van der Waals surface area (Å²) >= 11 is 0. The van der Waals surface area contributed by atoms with E-state index in [4.69, 9.17) is 0 Å². The molecule has 2 saturated heterocycles. The van der Waals surface area contributed by atoms with E-state index in [1.54, 1.807) is 23.1 Å². The molecule has 0 aromatic heterocycles. The average Bonchev–Trinajstić information content (AvgIpc) is 2.68. The number of sulfonamides is 1.